The molecule has 15 heavy (non-hydrogen) atoms. The van der Waals surface area contributed by atoms with E-state index in [4.69, 9.17) is 22.1 Å². The molecule has 2 rings (SSSR count). The fraction of sp³-hybridized carbons (Fsp3) is 0.500. The zero-order valence-corrected chi connectivity index (χ0v) is 9.41. The molecule has 1 aromatic rings. The number of rotatable bonds is 2. The van der Waals surface area contributed by atoms with Gasteiger partial charge in [-0.15, -0.1) is 0 Å². The van der Waals surface area contributed by atoms with E-state index >= 15 is 0 Å². The highest BCUT2D eigenvalue weighted by molar-refractivity contribution is 6.30. The first-order valence-electron chi connectivity index (χ1n) is 5.33. The summed E-state index contributed by atoms with van der Waals surface area (Å²) >= 11 is 5.84. The van der Waals surface area contributed by atoms with Crippen LogP contribution in [0, 0.1) is 5.92 Å². The van der Waals surface area contributed by atoms with Crippen molar-refractivity contribution in [3.63, 3.8) is 0 Å². The molecule has 1 heterocycles. The van der Waals surface area contributed by atoms with Crippen LogP contribution in [-0.2, 0) is 11.2 Å². The van der Waals surface area contributed by atoms with Crippen LogP contribution in [0.3, 0.4) is 0 Å². The smallest absolute Gasteiger partial charge is 0.0620 e. The van der Waals surface area contributed by atoms with Crippen molar-refractivity contribution in [3.05, 3.63) is 34.9 Å². The fourth-order valence-electron chi connectivity index (χ4n) is 1.98. The lowest BCUT2D eigenvalue weighted by molar-refractivity contribution is 0.0492. The maximum Gasteiger partial charge on any atom is 0.0620 e. The molecule has 2 atom stereocenters. The van der Waals surface area contributed by atoms with Crippen LogP contribution in [-0.4, -0.2) is 19.3 Å². The summed E-state index contributed by atoms with van der Waals surface area (Å²) in [5, 5.41) is 0.787. The second kappa shape index (κ2) is 4.97. The first kappa shape index (κ1) is 10.9. The normalized spacial score (nSPS) is 26.5. The summed E-state index contributed by atoms with van der Waals surface area (Å²) in [5.41, 5.74) is 7.31. The van der Waals surface area contributed by atoms with Gasteiger partial charge in [-0.3, -0.25) is 0 Å². The lowest BCUT2D eigenvalue weighted by atomic mass is 9.89. The Kier molecular flexibility index (Phi) is 3.62. The quantitative estimate of drug-likeness (QED) is 0.838. The SMILES string of the molecule is NC1COCCC1Cc1ccc(Cl)cc1. The molecule has 0 spiro atoms. The van der Waals surface area contributed by atoms with Gasteiger partial charge in [0.1, 0.15) is 0 Å². The number of nitrogens with two attached hydrogens (primary N) is 1. The first-order valence-corrected chi connectivity index (χ1v) is 5.71. The van der Waals surface area contributed by atoms with Crippen molar-refractivity contribution >= 4 is 11.6 Å². The molecular formula is C12H16ClNO. The molecule has 3 heteroatoms. The number of hydrogen-bond donors (Lipinski definition) is 1. The number of benzene rings is 1. The van der Waals surface area contributed by atoms with Gasteiger partial charge in [-0.25, -0.2) is 0 Å². The molecule has 1 saturated heterocycles. The van der Waals surface area contributed by atoms with Gasteiger partial charge in [0.05, 0.1) is 6.61 Å². The first-order chi connectivity index (χ1) is 7.25. The molecule has 2 unspecified atom stereocenters. The van der Waals surface area contributed by atoms with Gasteiger partial charge in [-0.05, 0) is 36.5 Å². The Labute approximate surface area is 95.4 Å². The van der Waals surface area contributed by atoms with Crippen LogP contribution < -0.4 is 5.73 Å². The lowest BCUT2D eigenvalue weighted by Crippen LogP contribution is -2.40. The van der Waals surface area contributed by atoms with Crippen molar-refractivity contribution in [1.29, 1.82) is 0 Å². The van der Waals surface area contributed by atoms with E-state index in [1.165, 1.54) is 5.56 Å². The maximum absolute atomic E-state index is 6.01. The molecule has 0 saturated carbocycles. The van der Waals surface area contributed by atoms with Crippen LogP contribution in [0.4, 0.5) is 0 Å². The highest BCUT2D eigenvalue weighted by Crippen LogP contribution is 2.20. The zero-order valence-electron chi connectivity index (χ0n) is 8.66. The lowest BCUT2D eigenvalue weighted by Gasteiger charge is -2.28. The van der Waals surface area contributed by atoms with Crippen molar-refractivity contribution in [1.82, 2.24) is 0 Å². The molecule has 0 aliphatic carbocycles. The largest absolute Gasteiger partial charge is 0.380 e. The average Bonchev–Trinajstić information content (AvgIpc) is 2.25. The summed E-state index contributed by atoms with van der Waals surface area (Å²) in [4.78, 5) is 0. The van der Waals surface area contributed by atoms with Crippen molar-refractivity contribution in [2.24, 2.45) is 11.7 Å². The second-order valence-electron chi connectivity index (χ2n) is 4.12. The Morgan fingerprint density at radius 2 is 2.07 bits per heavy atom. The summed E-state index contributed by atoms with van der Waals surface area (Å²) in [6.07, 6.45) is 2.09. The van der Waals surface area contributed by atoms with Crippen LogP contribution in [0.2, 0.25) is 5.02 Å². The Morgan fingerprint density at radius 3 is 2.73 bits per heavy atom. The molecule has 2 N–H and O–H groups in total. The predicted octanol–water partition coefficient (Wildman–Crippen LogP) is 2.25. The van der Waals surface area contributed by atoms with Gasteiger partial charge in [0.15, 0.2) is 0 Å². The highest BCUT2D eigenvalue weighted by Gasteiger charge is 2.22. The summed E-state index contributed by atoms with van der Waals surface area (Å²) in [6, 6.07) is 8.19. The summed E-state index contributed by atoms with van der Waals surface area (Å²) < 4.78 is 5.32. The number of ether oxygens (including phenoxy) is 1. The summed E-state index contributed by atoms with van der Waals surface area (Å²) in [6.45, 7) is 1.53. The van der Waals surface area contributed by atoms with Gasteiger partial charge < -0.3 is 10.5 Å². The van der Waals surface area contributed by atoms with Gasteiger partial charge in [-0.2, -0.15) is 0 Å². The van der Waals surface area contributed by atoms with E-state index in [1.807, 2.05) is 12.1 Å². The molecule has 0 amide bonds. The molecule has 1 aromatic carbocycles. The zero-order chi connectivity index (χ0) is 10.7. The van der Waals surface area contributed by atoms with E-state index in [2.05, 4.69) is 12.1 Å². The van der Waals surface area contributed by atoms with E-state index in [0.717, 1.165) is 24.5 Å². The monoisotopic (exact) mass is 225 g/mol. The molecule has 0 radical (unpaired) electrons. The van der Waals surface area contributed by atoms with Gasteiger partial charge in [-0.1, -0.05) is 23.7 Å². The molecule has 1 aliphatic rings. The van der Waals surface area contributed by atoms with Crippen molar-refractivity contribution < 1.29 is 4.74 Å². The third kappa shape index (κ3) is 2.94. The molecular weight excluding hydrogens is 210 g/mol. The third-order valence-electron chi connectivity index (χ3n) is 2.96. The Hall–Kier alpha value is -0.570. The van der Waals surface area contributed by atoms with E-state index in [-0.39, 0.29) is 6.04 Å². The molecule has 1 aliphatic heterocycles. The van der Waals surface area contributed by atoms with Crippen LogP contribution in [0.25, 0.3) is 0 Å². The Morgan fingerprint density at radius 1 is 1.33 bits per heavy atom. The van der Waals surface area contributed by atoms with Crippen LogP contribution in [0.15, 0.2) is 24.3 Å². The molecule has 2 nitrogen and oxygen atoms in total. The van der Waals surface area contributed by atoms with E-state index < -0.39 is 0 Å². The Bertz CT molecular complexity index is 312. The van der Waals surface area contributed by atoms with Gasteiger partial charge in [0.2, 0.25) is 0 Å². The number of halogens is 1. The van der Waals surface area contributed by atoms with Gasteiger partial charge in [0, 0.05) is 17.7 Å². The van der Waals surface area contributed by atoms with Crippen molar-refractivity contribution in [2.45, 2.75) is 18.9 Å². The summed E-state index contributed by atoms with van der Waals surface area (Å²) in [7, 11) is 0. The average molecular weight is 226 g/mol. The predicted molar refractivity (Wildman–Crippen MR) is 62.1 cm³/mol. The van der Waals surface area contributed by atoms with Gasteiger partial charge in [0.25, 0.3) is 0 Å². The minimum absolute atomic E-state index is 0.175. The van der Waals surface area contributed by atoms with Crippen LogP contribution >= 0.6 is 11.6 Å². The topological polar surface area (TPSA) is 35.2 Å². The number of hydrogen-bond acceptors (Lipinski definition) is 2. The maximum atomic E-state index is 6.01. The van der Waals surface area contributed by atoms with Gasteiger partial charge >= 0.3 is 0 Å². The van der Waals surface area contributed by atoms with Crippen LogP contribution in [0.5, 0.6) is 0 Å². The molecule has 0 aromatic heterocycles. The highest BCUT2D eigenvalue weighted by atomic mass is 35.5. The minimum Gasteiger partial charge on any atom is -0.380 e. The summed E-state index contributed by atoms with van der Waals surface area (Å²) in [5.74, 6) is 0.542. The second-order valence-corrected chi connectivity index (χ2v) is 4.55. The molecule has 82 valence electrons. The van der Waals surface area contributed by atoms with E-state index in [0.29, 0.717) is 12.5 Å². The molecule has 0 bridgehead atoms. The minimum atomic E-state index is 0.175. The molecule has 1 fully saturated rings. The van der Waals surface area contributed by atoms with Crippen molar-refractivity contribution in [2.75, 3.05) is 13.2 Å². The van der Waals surface area contributed by atoms with Crippen LogP contribution in [0.1, 0.15) is 12.0 Å². The fourth-order valence-corrected chi connectivity index (χ4v) is 2.11. The standard InChI is InChI=1S/C12H16ClNO/c13-11-3-1-9(2-4-11)7-10-5-6-15-8-12(10)14/h1-4,10,12H,5-8,14H2. The van der Waals surface area contributed by atoms with E-state index in [1.54, 1.807) is 0 Å². The third-order valence-corrected chi connectivity index (χ3v) is 3.21. The Balaban J connectivity index is 1.98. The van der Waals surface area contributed by atoms with Crippen molar-refractivity contribution in [3.8, 4) is 0 Å². The van der Waals surface area contributed by atoms with E-state index in [9.17, 15) is 0 Å².